The molecule has 1 N–H and O–H groups in total. The van der Waals surface area contributed by atoms with Crippen molar-refractivity contribution in [2.75, 3.05) is 13.7 Å². The third-order valence-electron chi connectivity index (χ3n) is 3.38. The third kappa shape index (κ3) is 3.63. The Bertz CT molecular complexity index is 630. The summed E-state index contributed by atoms with van der Waals surface area (Å²) in [4.78, 5) is 0. The van der Waals surface area contributed by atoms with Crippen molar-refractivity contribution in [3.63, 3.8) is 0 Å². The molecule has 0 bridgehead atoms. The van der Waals surface area contributed by atoms with Crippen LogP contribution < -0.4 is 10.1 Å². The fourth-order valence-electron chi connectivity index (χ4n) is 2.38. The Hall–Kier alpha value is -1.39. The van der Waals surface area contributed by atoms with Gasteiger partial charge in [-0.15, -0.1) is 0 Å². The molecule has 1 unspecified atom stereocenters. The van der Waals surface area contributed by atoms with E-state index in [2.05, 4.69) is 21.2 Å². The average Bonchev–Trinajstić information content (AvgIpc) is 2.48. The van der Waals surface area contributed by atoms with Gasteiger partial charge in [-0.05, 0) is 43.3 Å². The largest absolute Gasteiger partial charge is 0.496 e. The minimum atomic E-state index is -0.247. The molecule has 0 aliphatic heterocycles. The number of rotatable bonds is 5. The van der Waals surface area contributed by atoms with Crippen molar-refractivity contribution in [3.05, 3.63) is 63.4 Å². The highest BCUT2D eigenvalue weighted by atomic mass is 79.9. The maximum atomic E-state index is 14.2. The maximum Gasteiger partial charge on any atom is 0.128 e. The number of hydrogen-bond donors (Lipinski definition) is 1. The zero-order valence-electron chi connectivity index (χ0n) is 12.4. The lowest BCUT2D eigenvalue weighted by Gasteiger charge is -2.22. The first-order chi connectivity index (χ1) is 10.1. The molecule has 1 atom stereocenters. The minimum Gasteiger partial charge on any atom is -0.496 e. The number of halogens is 2. The summed E-state index contributed by atoms with van der Waals surface area (Å²) in [6, 6.07) is 10.7. The van der Waals surface area contributed by atoms with Crippen molar-refractivity contribution in [1.82, 2.24) is 5.32 Å². The van der Waals surface area contributed by atoms with E-state index in [-0.39, 0.29) is 11.9 Å². The minimum absolute atomic E-state index is 0.230. The van der Waals surface area contributed by atoms with Crippen LogP contribution in [-0.2, 0) is 0 Å². The van der Waals surface area contributed by atoms with Gasteiger partial charge < -0.3 is 10.1 Å². The molecule has 2 nitrogen and oxygen atoms in total. The van der Waals surface area contributed by atoms with E-state index in [1.807, 2.05) is 38.1 Å². The zero-order chi connectivity index (χ0) is 15.4. The lowest BCUT2D eigenvalue weighted by molar-refractivity contribution is 0.403. The molecule has 0 radical (unpaired) electrons. The number of ether oxygens (including phenoxy) is 1. The van der Waals surface area contributed by atoms with Crippen LogP contribution >= 0.6 is 15.9 Å². The van der Waals surface area contributed by atoms with Crippen molar-refractivity contribution in [2.24, 2.45) is 0 Å². The number of hydrogen-bond acceptors (Lipinski definition) is 2. The Morgan fingerprint density at radius 2 is 1.95 bits per heavy atom. The van der Waals surface area contributed by atoms with Crippen LogP contribution in [0.25, 0.3) is 0 Å². The van der Waals surface area contributed by atoms with E-state index in [1.165, 1.54) is 6.07 Å². The fourth-order valence-corrected chi connectivity index (χ4v) is 2.76. The predicted molar refractivity (Wildman–Crippen MR) is 87.4 cm³/mol. The van der Waals surface area contributed by atoms with E-state index in [0.29, 0.717) is 5.56 Å². The van der Waals surface area contributed by atoms with Crippen LogP contribution in [0, 0.1) is 12.7 Å². The second kappa shape index (κ2) is 7.05. The Kier molecular flexibility index (Phi) is 5.37. The normalized spacial score (nSPS) is 12.2. The van der Waals surface area contributed by atoms with Crippen LogP contribution in [0.15, 0.2) is 40.9 Å². The van der Waals surface area contributed by atoms with Gasteiger partial charge in [0.1, 0.15) is 11.6 Å². The van der Waals surface area contributed by atoms with Gasteiger partial charge in [0.05, 0.1) is 13.2 Å². The summed E-state index contributed by atoms with van der Waals surface area (Å²) in [6.45, 7) is 4.74. The summed E-state index contributed by atoms with van der Waals surface area (Å²) >= 11 is 3.41. The molecule has 0 spiro atoms. The topological polar surface area (TPSA) is 21.3 Å². The van der Waals surface area contributed by atoms with Gasteiger partial charge in [-0.2, -0.15) is 0 Å². The molecular weight excluding hydrogens is 333 g/mol. The molecule has 0 aliphatic rings. The first kappa shape index (κ1) is 16.0. The summed E-state index contributed by atoms with van der Waals surface area (Å²) in [7, 11) is 1.64. The third-order valence-corrected chi connectivity index (χ3v) is 3.87. The van der Waals surface area contributed by atoms with Crippen molar-refractivity contribution in [2.45, 2.75) is 19.9 Å². The van der Waals surface area contributed by atoms with Crippen LogP contribution in [0.3, 0.4) is 0 Å². The summed E-state index contributed by atoms with van der Waals surface area (Å²) in [6.07, 6.45) is 0. The van der Waals surface area contributed by atoms with Crippen molar-refractivity contribution >= 4 is 15.9 Å². The lowest BCUT2D eigenvalue weighted by atomic mass is 9.96. The monoisotopic (exact) mass is 351 g/mol. The van der Waals surface area contributed by atoms with Crippen molar-refractivity contribution in [1.29, 1.82) is 0 Å². The van der Waals surface area contributed by atoms with Crippen LogP contribution in [-0.4, -0.2) is 13.7 Å². The number of aryl methyl sites for hydroxylation is 1. The van der Waals surface area contributed by atoms with Gasteiger partial charge in [-0.3, -0.25) is 0 Å². The SMILES string of the molecule is CCNC(c1cc(Br)ccc1F)c1ccc(C)cc1OC. The van der Waals surface area contributed by atoms with E-state index in [4.69, 9.17) is 4.74 Å². The van der Waals surface area contributed by atoms with E-state index in [9.17, 15) is 4.39 Å². The van der Waals surface area contributed by atoms with Crippen LogP contribution in [0.5, 0.6) is 5.75 Å². The van der Waals surface area contributed by atoms with Crippen LogP contribution in [0.1, 0.15) is 29.7 Å². The van der Waals surface area contributed by atoms with Crippen molar-refractivity contribution < 1.29 is 9.13 Å². The molecule has 2 rings (SSSR count). The average molecular weight is 352 g/mol. The van der Waals surface area contributed by atoms with Gasteiger partial charge in [0.2, 0.25) is 0 Å². The maximum absolute atomic E-state index is 14.2. The Labute approximate surface area is 133 Å². The molecule has 2 aromatic rings. The predicted octanol–water partition coefficient (Wildman–Crippen LogP) is 4.60. The van der Waals surface area contributed by atoms with Crippen LogP contribution in [0.2, 0.25) is 0 Å². The Balaban J connectivity index is 2.55. The highest BCUT2D eigenvalue weighted by Gasteiger charge is 2.21. The molecule has 4 heteroatoms. The van der Waals surface area contributed by atoms with E-state index in [0.717, 1.165) is 27.9 Å². The fraction of sp³-hybridized carbons (Fsp3) is 0.294. The molecule has 21 heavy (non-hydrogen) atoms. The lowest BCUT2D eigenvalue weighted by Crippen LogP contribution is -2.23. The van der Waals surface area contributed by atoms with Crippen molar-refractivity contribution in [3.8, 4) is 5.75 Å². The molecule has 0 amide bonds. The smallest absolute Gasteiger partial charge is 0.128 e. The summed E-state index contributed by atoms with van der Waals surface area (Å²) < 4.78 is 20.6. The van der Waals surface area contributed by atoms with E-state index < -0.39 is 0 Å². The zero-order valence-corrected chi connectivity index (χ0v) is 14.0. The van der Waals surface area contributed by atoms with E-state index >= 15 is 0 Å². The van der Waals surface area contributed by atoms with Crippen LogP contribution in [0.4, 0.5) is 4.39 Å². The van der Waals surface area contributed by atoms with Gasteiger partial charge in [0, 0.05) is 15.6 Å². The number of methoxy groups -OCH3 is 1. The molecule has 0 heterocycles. The molecular formula is C17H19BrFNO. The summed E-state index contributed by atoms with van der Waals surface area (Å²) in [5.41, 5.74) is 2.65. The first-order valence-electron chi connectivity index (χ1n) is 6.89. The molecule has 0 saturated heterocycles. The molecule has 0 aliphatic carbocycles. The quantitative estimate of drug-likeness (QED) is 0.849. The van der Waals surface area contributed by atoms with Gasteiger partial charge in [0.15, 0.2) is 0 Å². The molecule has 0 saturated carbocycles. The van der Waals surface area contributed by atoms with Gasteiger partial charge >= 0.3 is 0 Å². The Morgan fingerprint density at radius 3 is 2.62 bits per heavy atom. The number of benzene rings is 2. The molecule has 0 aromatic heterocycles. The van der Waals surface area contributed by atoms with E-state index in [1.54, 1.807) is 13.2 Å². The Morgan fingerprint density at radius 1 is 1.19 bits per heavy atom. The second-order valence-electron chi connectivity index (χ2n) is 4.90. The summed E-state index contributed by atoms with van der Waals surface area (Å²) in [5, 5.41) is 3.34. The summed E-state index contributed by atoms with van der Waals surface area (Å²) in [5.74, 6) is 0.534. The van der Waals surface area contributed by atoms with Gasteiger partial charge in [-0.1, -0.05) is 35.0 Å². The van der Waals surface area contributed by atoms with Gasteiger partial charge in [-0.25, -0.2) is 4.39 Å². The number of nitrogens with one attached hydrogen (secondary N) is 1. The second-order valence-corrected chi connectivity index (χ2v) is 5.82. The highest BCUT2D eigenvalue weighted by Crippen LogP contribution is 2.33. The molecule has 0 fully saturated rings. The molecule has 2 aromatic carbocycles. The standard InChI is InChI=1S/C17H19BrFNO/c1-4-20-17(14-10-12(18)6-8-15(14)19)13-7-5-11(2)9-16(13)21-3/h5-10,17,20H,4H2,1-3H3. The first-order valence-corrected chi connectivity index (χ1v) is 7.69. The highest BCUT2D eigenvalue weighted by molar-refractivity contribution is 9.10. The van der Waals surface area contributed by atoms with Gasteiger partial charge in [0.25, 0.3) is 0 Å². The molecule has 112 valence electrons.